The lowest BCUT2D eigenvalue weighted by atomic mass is 10.2. The van der Waals surface area contributed by atoms with Gasteiger partial charge in [-0.3, -0.25) is 14.6 Å². The number of benzene rings is 1. The molecule has 1 aromatic heterocycles. The molecule has 0 radical (unpaired) electrons. The molecule has 1 atom stereocenters. The average molecular weight is 449 g/mol. The molecule has 3 rings (SSSR count). The summed E-state index contributed by atoms with van der Waals surface area (Å²) in [4.78, 5) is 21.0. The summed E-state index contributed by atoms with van der Waals surface area (Å²) in [7, 11) is 0. The zero-order valence-electron chi connectivity index (χ0n) is 19.0. The molecule has 0 unspecified atom stereocenters. The number of hydrogen-bond acceptors (Lipinski definition) is 7. The van der Waals surface area contributed by atoms with E-state index in [1.807, 2.05) is 6.92 Å². The molecule has 1 fully saturated rings. The Morgan fingerprint density at radius 2 is 1.97 bits per heavy atom. The number of halogens is 1. The molecular weight excluding hydrogens is 415 g/mol. The standard InChI is InChI=1S/C23H33FN4O4/c1-16(2)13-31-14-18(29)11-27-6-8-28(9-7-27)12-22-25-21(15-32-22)23(30)26-20-10-17(3)4-5-19(20)24/h4-5,10,15-16,18,29H,6-9,11-14H2,1-3H3,(H,26,30)/t18-/m1/s1. The van der Waals surface area contributed by atoms with Crippen LogP contribution in [0.4, 0.5) is 10.1 Å². The Balaban J connectivity index is 1.42. The molecule has 2 N–H and O–H groups in total. The van der Waals surface area contributed by atoms with Gasteiger partial charge in [0.2, 0.25) is 5.89 Å². The third-order valence-corrected chi connectivity index (χ3v) is 5.21. The van der Waals surface area contributed by atoms with Gasteiger partial charge in [0.05, 0.1) is 24.9 Å². The van der Waals surface area contributed by atoms with Gasteiger partial charge in [0.1, 0.15) is 12.1 Å². The number of piperazine rings is 1. The number of ether oxygens (including phenoxy) is 1. The van der Waals surface area contributed by atoms with Gasteiger partial charge in [-0.2, -0.15) is 0 Å². The van der Waals surface area contributed by atoms with Crippen molar-refractivity contribution < 1.29 is 23.4 Å². The molecule has 1 aliphatic rings. The van der Waals surface area contributed by atoms with Crippen molar-refractivity contribution in [2.75, 3.05) is 51.3 Å². The first-order valence-corrected chi connectivity index (χ1v) is 11.0. The predicted octanol–water partition coefficient (Wildman–Crippen LogP) is 2.53. The van der Waals surface area contributed by atoms with Crippen molar-refractivity contribution >= 4 is 11.6 Å². The van der Waals surface area contributed by atoms with Gasteiger partial charge < -0.3 is 19.6 Å². The number of aromatic nitrogens is 1. The van der Waals surface area contributed by atoms with E-state index in [-0.39, 0.29) is 11.4 Å². The maximum absolute atomic E-state index is 13.9. The number of hydrogen-bond donors (Lipinski definition) is 2. The van der Waals surface area contributed by atoms with Crippen LogP contribution in [0, 0.1) is 18.7 Å². The van der Waals surface area contributed by atoms with Crippen molar-refractivity contribution in [3.8, 4) is 0 Å². The third-order valence-electron chi connectivity index (χ3n) is 5.21. The molecule has 2 heterocycles. The second-order valence-electron chi connectivity index (χ2n) is 8.73. The molecule has 0 aliphatic carbocycles. The van der Waals surface area contributed by atoms with Gasteiger partial charge in [-0.15, -0.1) is 0 Å². The molecule has 1 aliphatic heterocycles. The molecule has 32 heavy (non-hydrogen) atoms. The van der Waals surface area contributed by atoms with Crippen LogP contribution in [0.15, 0.2) is 28.9 Å². The maximum atomic E-state index is 13.9. The van der Waals surface area contributed by atoms with Crippen molar-refractivity contribution in [1.82, 2.24) is 14.8 Å². The summed E-state index contributed by atoms with van der Waals surface area (Å²) in [5.41, 5.74) is 1.08. The van der Waals surface area contributed by atoms with Crippen LogP contribution in [0.1, 0.15) is 35.8 Å². The average Bonchev–Trinajstić information content (AvgIpc) is 3.20. The lowest BCUT2D eigenvalue weighted by Crippen LogP contribution is -2.48. The largest absolute Gasteiger partial charge is 0.447 e. The van der Waals surface area contributed by atoms with Crippen LogP contribution < -0.4 is 5.32 Å². The predicted molar refractivity (Wildman–Crippen MR) is 119 cm³/mol. The van der Waals surface area contributed by atoms with E-state index >= 15 is 0 Å². The van der Waals surface area contributed by atoms with Crippen LogP contribution in [-0.2, 0) is 11.3 Å². The van der Waals surface area contributed by atoms with Crippen LogP contribution in [0.25, 0.3) is 0 Å². The SMILES string of the molecule is Cc1ccc(F)c(NC(=O)c2coc(CN3CCN(C[C@@H](O)COCC(C)C)CC3)n2)c1. The molecule has 1 amide bonds. The van der Waals surface area contributed by atoms with Crippen LogP contribution in [0.5, 0.6) is 0 Å². The minimum absolute atomic E-state index is 0.115. The number of amides is 1. The number of carbonyl (C=O) groups is 1. The minimum atomic E-state index is -0.511. The number of aryl methyl sites for hydroxylation is 1. The van der Waals surface area contributed by atoms with Crippen LogP contribution in [0.2, 0.25) is 0 Å². The van der Waals surface area contributed by atoms with E-state index in [1.54, 1.807) is 12.1 Å². The molecule has 176 valence electrons. The van der Waals surface area contributed by atoms with Gasteiger partial charge in [-0.25, -0.2) is 9.37 Å². The fourth-order valence-corrected chi connectivity index (χ4v) is 3.52. The van der Waals surface area contributed by atoms with E-state index in [2.05, 4.69) is 33.9 Å². The molecular formula is C23H33FN4O4. The minimum Gasteiger partial charge on any atom is -0.447 e. The molecule has 2 aromatic rings. The van der Waals surface area contributed by atoms with Crippen molar-refractivity contribution in [2.24, 2.45) is 5.92 Å². The quantitative estimate of drug-likeness (QED) is 0.577. The fourth-order valence-electron chi connectivity index (χ4n) is 3.52. The number of rotatable bonds is 10. The molecule has 9 heteroatoms. The number of aliphatic hydroxyl groups excluding tert-OH is 1. The zero-order valence-corrected chi connectivity index (χ0v) is 19.0. The monoisotopic (exact) mass is 448 g/mol. The van der Waals surface area contributed by atoms with E-state index in [0.717, 1.165) is 31.7 Å². The molecule has 0 spiro atoms. The lowest BCUT2D eigenvalue weighted by Gasteiger charge is -2.34. The highest BCUT2D eigenvalue weighted by molar-refractivity contribution is 6.02. The first kappa shape index (κ1) is 24.3. The first-order chi connectivity index (χ1) is 15.3. The Hall–Kier alpha value is -2.33. The summed E-state index contributed by atoms with van der Waals surface area (Å²) in [6.45, 7) is 11.3. The van der Waals surface area contributed by atoms with Gasteiger partial charge in [0, 0.05) is 39.3 Å². The summed E-state index contributed by atoms with van der Waals surface area (Å²) in [6, 6.07) is 4.53. The number of β-amino-alcohol motifs (C(OH)–C–C–N with tert-alkyl or cyclic N) is 1. The maximum Gasteiger partial charge on any atom is 0.277 e. The number of oxazole rings is 1. The summed E-state index contributed by atoms with van der Waals surface area (Å²) < 4.78 is 24.8. The van der Waals surface area contributed by atoms with Gasteiger partial charge in [0.25, 0.3) is 5.91 Å². The molecule has 1 aromatic carbocycles. The number of carbonyl (C=O) groups excluding carboxylic acids is 1. The Morgan fingerprint density at radius 3 is 2.69 bits per heavy atom. The summed E-state index contributed by atoms with van der Waals surface area (Å²) in [6.07, 6.45) is 0.800. The van der Waals surface area contributed by atoms with Gasteiger partial charge in [-0.05, 0) is 30.5 Å². The van der Waals surface area contributed by atoms with Gasteiger partial charge in [-0.1, -0.05) is 19.9 Å². The van der Waals surface area contributed by atoms with Crippen molar-refractivity contribution in [2.45, 2.75) is 33.4 Å². The third kappa shape index (κ3) is 7.37. The molecule has 1 saturated heterocycles. The number of nitrogens with one attached hydrogen (secondary N) is 1. The highest BCUT2D eigenvalue weighted by Gasteiger charge is 2.22. The van der Waals surface area contributed by atoms with Gasteiger partial charge >= 0.3 is 0 Å². The summed E-state index contributed by atoms with van der Waals surface area (Å²) in [5, 5.41) is 12.7. The number of nitrogens with zero attached hydrogens (tertiary/aromatic N) is 3. The fraction of sp³-hybridized carbons (Fsp3) is 0.565. The second kappa shape index (κ2) is 11.5. The van der Waals surface area contributed by atoms with E-state index in [4.69, 9.17) is 9.15 Å². The highest BCUT2D eigenvalue weighted by Crippen LogP contribution is 2.17. The topological polar surface area (TPSA) is 91.1 Å². The Labute approximate surface area is 188 Å². The molecule has 0 saturated carbocycles. The number of aliphatic hydroxyl groups is 1. The van der Waals surface area contributed by atoms with Crippen molar-refractivity contribution in [1.29, 1.82) is 0 Å². The lowest BCUT2D eigenvalue weighted by molar-refractivity contribution is -0.000850. The summed E-state index contributed by atoms with van der Waals surface area (Å²) in [5.74, 6) is -0.114. The van der Waals surface area contributed by atoms with Crippen molar-refractivity contribution in [3.63, 3.8) is 0 Å². The van der Waals surface area contributed by atoms with E-state index in [0.29, 0.717) is 38.1 Å². The number of anilines is 1. The van der Waals surface area contributed by atoms with Gasteiger partial charge in [0.15, 0.2) is 5.69 Å². The highest BCUT2D eigenvalue weighted by atomic mass is 19.1. The van der Waals surface area contributed by atoms with Crippen LogP contribution in [0.3, 0.4) is 0 Å². The van der Waals surface area contributed by atoms with E-state index in [1.165, 1.54) is 12.3 Å². The molecule has 8 nitrogen and oxygen atoms in total. The van der Waals surface area contributed by atoms with Crippen LogP contribution >= 0.6 is 0 Å². The van der Waals surface area contributed by atoms with Crippen LogP contribution in [-0.4, -0.2) is 77.8 Å². The van der Waals surface area contributed by atoms with E-state index < -0.39 is 17.8 Å². The Kier molecular flexibility index (Phi) is 8.75. The molecule has 0 bridgehead atoms. The van der Waals surface area contributed by atoms with Crippen molar-refractivity contribution in [3.05, 3.63) is 47.4 Å². The Morgan fingerprint density at radius 1 is 1.25 bits per heavy atom. The smallest absolute Gasteiger partial charge is 0.277 e. The first-order valence-electron chi connectivity index (χ1n) is 11.0. The zero-order chi connectivity index (χ0) is 23.1. The Bertz CT molecular complexity index is 881. The second-order valence-corrected chi connectivity index (χ2v) is 8.73. The van der Waals surface area contributed by atoms with E-state index in [9.17, 15) is 14.3 Å². The normalized spacial score (nSPS) is 16.4. The summed E-state index contributed by atoms with van der Waals surface area (Å²) >= 11 is 0.